The highest BCUT2D eigenvalue weighted by Crippen LogP contribution is 2.23. The number of aromatic nitrogens is 1. The summed E-state index contributed by atoms with van der Waals surface area (Å²) in [4.78, 5) is 12.8. The first-order chi connectivity index (χ1) is 12.5. The van der Waals surface area contributed by atoms with Crippen LogP contribution in [0.4, 0.5) is 10.2 Å². The van der Waals surface area contributed by atoms with E-state index in [1.807, 2.05) is 37.3 Å². The molecule has 1 heterocycles. The van der Waals surface area contributed by atoms with Crippen LogP contribution in [0.3, 0.4) is 0 Å². The van der Waals surface area contributed by atoms with E-state index in [-0.39, 0.29) is 17.8 Å². The molecule has 0 aliphatic carbocycles. The molecule has 1 amide bonds. The second-order valence-electron chi connectivity index (χ2n) is 6.07. The van der Waals surface area contributed by atoms with Gasteiger partial charge in [0.15, 0.2) is 5.82 Å². The van der Waals surface area contributed by atoms with Gasteiger partial charge in [-0.15, -0.1) is 0 Å². The van der Waals surface area contributed by atoms with Crippen molar-refractivity contribution in [3.05, 3.63) is 83.4 Å². The lowest BCUT2D eigenvalue weighted by Gasteiger charge is -2.23. The number of nitrogens with zero attached hydrogens (tertiary/aromatic N) is 1. The van der Waals surface area contributed by atoms with E-state index < -0.39 is 6.04 Å². The quantitative estimate of drug-likeness (QED) is 0.698. The van der Waals surface area contributed by atoms with Crippen LogP contribution in [0.25, 0.3) is 0 Å². The fraction of sp³-hybridized carbons (Fsp3) is 0.200. The molecule has 0 bridgehead atoms. The molecule has 6 heteroatoms. The third-order valence-electron chi connectivity index (χ3n) is 4.06. The highest BCUT2D eigenvalue weighted by Gasteiger charge is 2.24. The van der Waals surface area contributed by atoms with Gasteiger partial charge in [0.05, 0.1) is 0 Å². The van der Waals surface area contributed by atoms with Gasteiger partial charge >= 0.3 is 0 Å². The van der Waals surface area contributed by atoms with Crippen LogP contribution < -0.4 is 10.6 Å². The summed E-state index contributed by atoms with van der Waals surface area (Å²) < 4.78 is 19.1. The highest BCUT2D eigenvalue weighted by atomic mass is 19.1. The monoisotopic (exact) mass is 353 g/mol. The van der Waals surface area contributed by atoms with Crippen LogP contribution in [0.1, 0.15) is 35.9 Å². The highest BCUT2D eigenvalue weighted by molar-refractivity contribution is 5.94. The van der Waals surface area contributed by atoms with E-state index in [1.54, 1.807) is 31.2 Å². The summed E-state index contributed by atoms with van der Waals surface area (Å²) in [6.45, 7) is 3.57. The number of benzene rings is 2. The Balaban J connectivity index is 1.84. The van der Waals surface area contributed by atoms with Crippen LogP contribution >= 0.6 is 0 Å². The number of hydrogen-bond acceptors (Lipinski definition) is 4. The Morgan fingerprint density at radius 2 is 1.81 bits per heavy atom. The van der Waals surface area contributed by atoms with Crippen LogP contribution in [-0.2, 0) is 4.79 Å². The fourth-order valence-electron chi connectivity index (χ4n) is 2.76. The zero-order valence-corrected chi connectivity index (χ0v) is 14.6. The molecule has 0 aliphatic rings. The molecule has 0 radical (unpaired) electrons. The van der Waals surface area contributed by atoms with Gasteiger partial charge in [-0.2, -0.15) is 0 Å². The molecular formula is C20H20FN3O2. The normalized spacial score (nSPS) is 13.2. The Morgan fingerprint density at radius 3 is 2.46 bits per heavy atom. The number of anilines is 1. The van der Waals surface area contributed by atoms with Gasteiger partial charge < -0.3 is 9.84 Å². The predicted molar refractivity (Wildman–Crippen MR) is 97.0 cm³/mol. The molecule has 1 aromatic heterocycles. The molecule has 2 N–H and O–H groups in total. The van der Waals surface area contributed by atoms with Crippen LogP contribution in [0.15, 0.2) is 65.2 Å². The Bertz CT molecular complexity index is 880. The topological polar surface area (TPSA) is 67.2 Å². The van der Waals surface area contributed by atoms with Crippen LogP contribution in [-0.4, -0.2) is 11.1 Å². The molecule has 2 aromatic carbocycles. The molecule has 0 fully saturated rings. The minimum atomic E-state index is -0.678. The number of halogens is 1. The molecule has 0 saturated carbocycles. The maximum atomic E-state index is 14.1. The summed E-state index contributed by atoms with van der Waals surface area (Å²) in [5.41, 5.74) is 1.27. The summed E-state index contributed by atoms with van der Waals surface area (Å²) in [5, 5.41) is 9.73. The van der Waals surface area contributed by atoms with Crippen molar-refractivity contribution in [2.45, 2.75) is 25.9 Å². The Labute approximate surface area is 151 Å². The van der Waals surface area contributed by atoms with Crippen molar-refractivity contribution in [3.63, 3.8) is 0 Å². The molecule has 0 aliphatic heterocycles. The van der Waals surface area contributed by atoms with Crippen molar-refractivity contribution in [1.82, 2.24) is 10.5 Å². The summed E-state index contributed by atoms with van der Waals surface area (Å²) in [7, 11) is 0. The predicted octanol–water partition coefficient (Wildman–Crippen LogP) is 4.15. The Hall–Kier alpha value is -2.99. The minimum absolute atomic E-state index is 0.298. The van der Waals surface area contributed by atoms with Gasteiger partial charge in [0.1, 0.15) is 17.6 Å². The van der Waals surface area contributed by atoms with Crippen molar-refractivity contribution in [1.29, 1.82) is 0 Å². The molecule has 26 heavy (non-hydrogen) atoms. The summed E-state index contributed by atoms with van der Waals surface area (Å²) >= 11 is 0. The molecule has 2 unspecified atom stereocenters. The maximum Gasteiger partial charge on any atom is 0.247 e. The second kappa shape index (κ2) is 7.93. The summed E-state index contributed by atoms with van der Waals surface area (Å²) in [6, 6.07) is 16.4. The van der Waals surface area contributed by atoms with Crippen LogP contribution in [0.2, 0.25) is 0 Å². The second-order valence-corrected chi connectivity index (χ2v) is 6.07. The van der Waals surface area contributed by atoms with Gasteiger partial charge in [-0.1, -0.05) is 53.7 Å². The van der Waals surface area contributed by atoms with E-state index in [1.165, 1.54) is 6.07 Å². The van der Waals surface area contributed by atoms with Crippen LogP contribution in [0.5, 0.6) is 0 Å². The largest absolute Gasteiger partial charge is 0.360 e. The van der Waals surface area contributed by atoms with Gasteiger partial charge in [-0.25, -0.2) is 4.39 Å². The first-order valence-corrected chi connectivity index (χ1v) is 8.34. The number of hydrogen-bond donors (Lipinski definition) is 2. The molecule has 0 spiro atoms. The standard InChI is InChI=1S/C20H20FN3O2/c1-13-12-18(24-26-13)23-20(25)19(15-8-4-3-5-9-15)22-14(2)16-10-6-7-11-17(16)21/h3-12,14,19,22H,1-2H3,(H,23,24,25). The Morgan fingerprint density at radius 1 is 1.12 bits per heavy atom. The van der Waals surface area contributed by atoms with E-state index in [9.17, 15) is 9.18 Å². The summed E-state index contributed by atoms with van der Waals surface area (Å²) in [6.07, 6.45) is 0. The lowest BCUT2D eigenvalue weighted by molar-refractivity contribution is -0.118. The van der Waals surface area contributed by atoms with E-state index in [4.69, 9.17) is 4.52 Å². The molecular weight excluding hydrogens is 333 g/mol. The third-order valence-corrected chi connectivity index (χ3v) is 4.06. The van der Waals surface area contributed by atoms with Crippen molar-refractivity contribution in [2.75, 3.05) is 5.32 Å². The molecule has 134 valence electrons. The van der Waals surface area contributed by atoms with E-state index in [0.29, 0.717) is 17.1 Å². The van der Waals surface area contributed by atoms with Crippen molar-refractivity contribution >= 4 is 11.7 Å². The SMILES string of the molecule is Cc1cc(NC(=O)C(NC(C)c2ccccc2F)c2ccccc2)no1. The van der Waals surface area contributed by atoms with Gasteiger partial charge in [-0.05, 0) is 25.5 Å². The zero-order valence-electron chi connectivity index (χ0n) is 14.6. The van der Waals surface area contributed by atoms with Gasteiger partial charge in [0, 0.05) is 17.7 Å². The van der Waals surface area contributed by atoms with Crippen molar-refractivity contribution in [2.24, 2.45) is 0 Å². The zero-order chi connectivity index (χ0) is 18.5. The summed E-state index contributed by atoms with van der Waals surface area (Å²) in [5.74, 6) is 0.331. The van der Waals surface area contributed by atoms with Crippen LogP contribution in [0, 0.1) is 12.7 Å². The first-order valence-electron chi connectivity index (χ1n) is 8.34. The van der Waals surface area contributed by atoms with Gasteiger partial charge in [0.25, 0.3) is 0 Å². The number of aryl methyl sites for hydroxylation is 1. The molecule has 2 atom stereocenters. The number of carbonyl (C=O) groups is 1. The smallest absolute Gasteiger partial charge is 0.247 e. The number of amides is 1. The fourth-order valence-corrected chi connectivity index (χ4v) is 2.76. The third kappa shape index (κ3) is 4.15. The average Bonchev–Trinajstić information content (AvgIpc) is 3.05. The minimum Gasteiger partial charge on any atom is -0.360 e. The van der Waals surface area contributed by atoms with Crippen molar-refractivity contribution in [3.8, 4) is 0 Å². The van der Waals surface area contributed by atoms with E-state index >= 15 is 0 Å². The molecule has 3 rings (SSSR count). The molecule has 5 nitrogen and oxygen atoms in total. The number of carbonyl (C=O) groups excluding carboxylic acids is 1. The number of nitrogens with one attached hydrogen (secondary N) is 2. The average molecular weight is 353 g/mol. The lowest BCUT2D eigenvalue weighted by Crippen LogP contribution is -2.35. The maximum absolute atomic E-state index is 14.1. The van der Waals surface area contributed by atoms with Gasteiger partial charge in [-0.3, -0.25) is 10.1 Å². The first kappa shape index (κ1) is 17.8. The van der Waals surface area contributed by atoms with E-state index in [0.717, 1.165) is 5.56 Å². The molecule has 3 aromatic rings. The van der Waals surface area contributed by atoms with E-state index in [2.05, 4.69) is 15.8 Å². The van der Waals surface area contributed by atoms with Gasteiger partial charge in [0.2, 0.25) is 5.91 Å². The van der Waals surface area contributed by atoms with Crippen molar-refractivity contribution < 1.29 is 13.7 Å². The Kier molecular flexibility index (Phi) is 5.43. The number of rotatable bonds is 6. The molecule has 0 saturated heterocycles. The lowest BCUT2D eigenvalue weighted by atomic mass is 10.0.